The molecule has 0 saturated carbocycles. The molecular formula is C51H91N9O20. The van der Waals surface area contributed by atoms with Crippen LogP contribution in [0, 0.1) is 6.92 Å². The molecule has 0 bridgehead atoms. The summed E-state index contributed by atoms with van der Waals surface area (Å²) < 4.78 is 60.7. The van der Waals surface area contributed by atoms with Crippen LogP contribution >= 0.6 is 0 Å². The predicted octanol–water partition coefficient (Wildman–Crippen LogP) is -1.63. The lowest BCUT2D eigenvalue weighted by atomic mass is 10.1. The molecule has 1 aromatic rings. The van der Waals surface area contributed by atoms with E-state index < -0.39 is 17.9 Å². The van der Waals surface area contributed by atoms with E-state index in [2.05, 4.69) is 25.7 Å². The first kappa shape index (κ1) is 71.7. The first-order valence-electron chi connectivity index (χ1n) is 27.6. The van der Waals surface area contributed by atoms with Crippen LogP contribution < -0.4 is 5.32 Å². The summed E-state index contributed by atoms with van der Waals surface area (Å²) in [6.07, 6.45) is 3.04. The third-order valence-corrected chi connectivity index (χ3v) is 11.6. The van der Waals surface area contributed by atoms with Crippen LogP contribution in [-0.4, -0.2) is 321 Å². The number of aliphatic carboxylic acids is 3. The fourth-order valence-corrected chi connectivity index (χ4v) is 7.36. The number of Topliss-reactive ketones (excluding diaryl/α,β-unsaturated/α-hetero) is 2. The van der Waals surface area contributed by atoms with E-state index in [1.165, 1.54) is 0 Å². The number of ether oxygens (including phenoxy) is 11. The van der Waals surface area contributed by atoms with Crippen molar-refractivity contribution in [2.45, 2.75) is 51.9 Å². The van der Waals surface area contributed by atoms with Gasteiger partial charge in [-0.3, -0.25) is 48.4 Å². The maximum atomic E-state index is 12.8. The van der Waals surface area contributed by atoms with Crippen molar-refractivity contribution in [3.8, 4) is 0 Å². The molecule has 2 heterocycles. The third kappa shape index (κ3) is 45.2. The molecule has 80 heavy (non-hydrogen) atoms. The van der Waals surface area contributed by atoms with Gasteiger partial charge in [0.2, 0.25) is 5.91 Å². The Hall–Kier alpha value is -4.44. The highest BCUT2D eigenvalue weighted by Crippen LogP contribution is 2.07. The lowest BCUT2D eigenvalue weighted by Crippen LogP contribution is -2.50. The summed E-state index contributed by atoms with van der Waals surface area (Å²) in [7, 11) is 0. The molecule has 460 valence electrons. The SMILES string of the molecule is Cc1nnc(CCC(=O)CCCC(=O)CCCOCCOCCOCCOCCOCCOCCOCCOCCOCCOCCOCCNC(=O)CN2CCN(CC(=O)O)CCN(CC(=O)O)CCN(CC(=O)O)CC2)nn1. The summed E-state index contributed by atoms with van der Waals surface area (Å²) in [4.78, 5) is 78.3. The van der Waals surface area contributed by atoms with Crippen molar-refractivity contribution in [2.75, 3.05) is 230 Å². The molecule has 0 aliphatic carbocycles. The number of carboxylic acids is 3. The minimum Gasteiger partial charge on any atom is -0.480 e. The summed E-state index contributed by atoms with van der Waals surface area (Å²) in [5, 5.41) is 46.4. The average Bonchev–Trinajstić information content (AvgIpc) is 3.42. The second-order valence-electron chi connectivity index (χ2n) is 18.3. The van der Waals surface area contributed by atoms with Gasteiger partial charge < -0.3 is 72.7 Å². The van der Waals surface area contributed by atoms with Crippen LogP contribution in [0.1, 0.15) is 50.2 Å². The Morgan fingerprint density at radius 3 is 0.975 bits per heavy atom. The number of aryl methyl sites for hydroxylation is 2. The number of hydrogen-bond donors (Lipinski definition) is 4. The Labute approximate surface area is 469 Å². The standard InChI is InChI=1S/C51H91N9O20/c1-44-53-55-47(56-54-44)8-7-46(62)5-2-4-45(61)6-3-18-70-20-22-72-24-26-74-28-30-76-32-34-78-36-38-80-39-37-79-35-33-77-31-29-75-27-25-73-23-21-71-19-9-52-48(63)40-57-10-12-58(41-49(64)65)14-16-60(43-51(68)69)17-15-59(13-11-57)42-50(66)67/h2-43H2,1H3,(H,52,63)(H,64,65)(H,66,67)(H,68,69). The molecule has 0 radical (unpaired) electrons. The second kappa shape index (κ2) is 50.3. The summed E-state index contributed by atoms with van der Waals surface area (Å²) in [6.45, 7) is 13.0. The van der Waals surface area contributed by atoms with E-state index in [0.717, 1.165) is 0 Å². The molecule has 1 aromatic heterocycles. The van der Waals surface area contributed by atoms with Gasteiger partial charge in [0.1, 0.15) is 11.6 Å². The maximum Gasteiger partial charge on any atom is 0.317 e. The largest absolute Gasteiger partial charge is 0.480 e. The molecule has 2 rings (SSSR count). The number of carbonyl (C=O) groups is 6. The fraction of sp³-hybridized carbons (Fsp3) is 0.843. The van der Waals surface area contributed by atoms with E-state index in [-0.39, 0.29) is 56.8 Å². The first-order valence-corrected chi connectivity index (χ1v) is 27.6. The smallest absolute Gasteiger partial charge is 0.317 e. The Balaban J connectivity index is 1.27. The highest BCUT2D eigenvalue weighted by atomic mass is 16.6. The van der Waals surface area contributed by atoms with E-state index >= 15 is 0 Å². The topological polar surface area (TPSA) is 341 Å². The van der Waals surface area contributed by atoms with E-state index in [1.54, 1.807) is 21.6 Å². The van der Waals surface area contributed by atoms with Crippen molar-refractivity contribution in [2.24, 2.45) is 0 Å². The van der Waals surface area contributed by atoms with Crippen molar-refractivity contribution in [1.82, 2.24) is 45.3 Å². The Bertz CT molecular complexity index is 1730. The average molecular weight is 1150 g/mol. The van der Waals surface area contributed by atoms with Crippen molar-refractivity contribution < 1.29 is 96.2 Å². The molecule has 29 heteroatoms. The molecule has 1 aliphatic rings. The van der Waals surface area contributed by atoms with Gasteiger partial charge in [-0.2, -0.15) is 0 Å². The van der Waals surface area contributed by atoms with Crippen LogP contribution in [0.5, 0.6) is 0 Å². The molecule has 0 aromatic carbocycles. The number of amides is 1. The molecule has 4 N–H and O–H groups in total. The summed E-state index contributed by atoms with van der Waals surface area (Å²) in [6, 6.07) is 0. The molecule has 29 nitrogen and oxygen atoms in total. The molecule has 1 saturated heterocycles. The van der Waals surface area contributed by atoms with E-state index in [9.17, 15) is 44.1 Å². The van der Waals surface area contributed by atoms with Gasteiger partial charge in [-0.1, -0.05) is 0 Å². The summed E-state index contributed by atoms with van der Waals surface area (Å²) >= 11 is 0. The Morgan fingerprint density at radius 1 is 0.375 bits per heavy atom. The van der Waals surface area contributed by atoms with Crippen LogP contribution in [0.25, 0.3) is 0 Å². The lowest BCUT2D eigenvalue weighted by molar-refractivity contribution is -0.140. The highest BCUT2D eigenvalue weighted by molar-refractivity contribution is 5.81. The van der Waals surface area contributed by atoms with Crippen LogP contribution in [0.15, 0.2) is 0 Å². The van der Waals surface area contributed by atoms with Crippen LogP contribution in [0.3, 0.4) is 0 Å². The second-order valence-corrected chi connectivity index (χ2v) is 18.3. The normalized spacial score (nSPS) is 14.4. The fourth-order valence-electron chi connectivity index (χ4n) is 7.36. The van der Waals surface area contributed by atoms with Crippen molar-refractivity contribution in [3.05, 3.63) is 11.6 Å². The van der Waals surface area contributed by atoms with Gasteiger partial charge in [-0.15, -0.1) is 20.4 Å². The predicted molar refractivity (Wildman–Crippen MR) is 284 cm³/mol. The van der Waals surface area contributed by atoms with Gasteiger partial charge in [-0.25, -0.2) is 0 Å². The van der Waals surface area contributed by atoms with Crippen molar-refractivity contribution >= 4 is 35.4 Å². The van der Waals surface area contributed by atoms with Gasteiger partial charge in [0.05, 0.1) is 165 Å². The van der Waals surface area contributed by atoms with Crippen LogP contribution in [-0.2, 0) is 87.3 Å². The number of nitrogens with zero attached hydrogens (tertiary/aromatic N) is 8. The van der Waals surface area contributed by atoms with E-state index in [1.807, 2.05) is 4.90 Å². The van der Waals surface area contributed by atoms with Gasteiger partial charge in [0.25, 0.3) is 0 Å². The molecule has 0 spiro atoms. The van der Waals surface area contributed by atoms with E-state index in [4.69, 9.17) is 52.1 Å². The zero-order valence-electron chi connectivity index (χ0n) is 47.1. The van der Waals surface area contributed by atoms with Crippen LogP contribution in [0.2, 0.25) is 0 Å². The minimum absolute atomic E-state index is 0.0251. The zero-order valence-corrected chi connectivity index (χ0v) is 47.1. The molecule has 1 aliphatic heterocycles. The zero-order chi connectivity index (χ0) is 57.9. The van der Waals surface area contributed by atoms with Gasteiger partial charge in [0.15, 0.2) is 11.6 Å². The van der Waals surface area contributed by atoms with E-state index in [0.29, 0.717) is 248 Å². The number of carbonyl (C=O) groups excluding carboxylic acids is 3. The van der Waals surface area contributed by atoms with Gasteiger partial charge in [-0.05, 0) is 19.8 Å². The lowest BCUT2D eigenvalue weighted by Gasteiger charge is -2.32. The number of ketones is 2. The van der Waals surface area contributed by atoms with Crippen molar-refractivity contribution in [3.63, 3.8) is 0 Å². The Morgan fingerprint density at radius 2 is 0.650 bits per heavy atom. The molecule has 0 unspecified atom stereocenters. The summed E-state index contributed by atoms with van der Waals surface area (Å²) in [5.74, 6) is -2.19. The number of nitrogens with one attached hydrogen (secondary N) is 1. The molecular weight excluding hydrogens is 1060 g/mol. The van der Waals surface area contributed by atoms with Crippen LogP contribution in [0.4, 0.5) is 0 Å². The molecule has 1 amide bonds. The third-order valence-electron chi connectivity index (χ3n) is 11.6. The number of carboxylic acid groups (broad SMARTS) is 3. The summed E-state index contributed by atoms with van der Waals surface area (Å²) in [5.41, 5.74) is 0. The molecule has 1 fully saturated rings. The number of rotatable bonds is 52. The minimum atomic E-state index is -1.03. The number of aromatic nitrogens is 4. The first-order chi connectivity index (χ1) is 38.9. The van der Waals surface area contributed by atoms with Gasteiger partial charge >= 0.3 is 17.9 Å². The monoisotopic (exact) mass is 1150 g/mol. The highest BCUT2D eigenvalue weighted by Gasteiger charge is 2.21. The number of hydrogen-bond acceptors (Lipinski definition) is 25. The Kier molecular flexibility index (Phi) is 45.1. The quantitative estimate of drug-likeness (QED) is 0.0532. The van der Waals surface area contributed by atoms with Gasteiger partial charge in [0, 0.05) is 97.6 Å². The maximum absolute atomic E-state index is 12.8. The van der Waals surface area contributed by atoms with Crippen molar-refractivity contribution in [1.29, 1.82) is 0 Å². The molecule has 0 atom stereocenters.